The summed E-state index contributed by atoms with van der Waals surface area (Å²) >= 11 is 1.62. The molecule has 0 aliphatic carbocycles. The fraction of sp³-hybridized carbons (Fsp3) is 0.462. The van der Waals surface area contributed by atoms with Crippen LogP contribution in [0.5, 0.6) is 5.75 Å². The van der Waals surface area contributed by atoms with Gasteiger partial charge in [0.1, 0.15) is 5.75 Å². The molecule has 1 aromatic rings. The van der Waals surface area contributed by atoms with Crippen molar-refractivity contribution in [3.05, 3.63) is 18.2 Å². The molecule has 1 aliphatic rings. The van der Waals surface area contributed by atoms with Crippen molar-refractivity contribution in [2.24, 2.45) is 0 Å². The first-order chi connectivity index (χ1) is 9.10. The molecule has 104 valence electrons. The molecule has 19 heavy (non-hydrogen) atoms. The third-order valence-corrected chi connectivity index (χ3v) is 4.17. The summed E-state index contributed by atoms with van der Waals surface area (Å²) in [7, 11) is 1.58. The summed E-state index contributed by atoms with van der Waals surface area (Å²) in [5.74, 6) is 0.623. The summed E-state index contributed by atoms with van der Waals surface area (Å²) in [4.78, 5) is 12.0. The summed E-state index contributed by atoms with van der Waals surface area (Å²) in [6.07, 6.45) is 0. The van der Waals surface area contributed by atoms with Crippen LogP contribution in [0.15, 0.2) is 18.2 Å². The van der Waals surface area contributed by atoms with Gasteiger partial charge in [-0.2, -0.15) is 0 Å². The van der Waals surface area contributed by atoms with Crippen molar-refractivity contribution in [1.29, 1.82) is 0 Å². The lowest BCUT2D eigenvalue weighted by molar-refractivity contribution is -0.115. The van der Waals surface area contributed by atoms with E-state index in [9.17, 15) is 4.79 Å². The molecule has 2 rings (SSSR count). The van der Waals surface area contributed by atoms with Gasteiger partial charge in [-0.25, -0.2) is 0 Å². The number of benzene rings is 1. The molecule has 1 saturated heterocycles. The number of methoxy groups -OCH3 is 1. The number of nitrogen functional groups attached to an aromatic ring is 1. The highest BCUT2D eigenvalue weighted by atomic mass is 32.2. The van der Waals surface area contributed by atoms with Gasteiger partial charge in [0.25, 0.3) is 0 Å². The van der Waals surface area contributed by atoms with Crippen molar-refractivity contribution in [2.75, 3.05) is 31.4 Å². The van der Waals surface area contributed by atoms with Crippen molar-refractivity contribution in [1.82, 2.24) is 0 Å². The standard InChI is InChI=1S/C13H18N2O3S/c1-8(19-10-6-18-7-10)13(16)15-12-4-3-9(17-2)5-11(12)14/h3-5,8,10H,6-7,14H2,1-2H3,(H,15,16). The minimum absolute atomic E-state index is 0.0474. The number of ether oxygens (including phenoxy) is 2. The Morgan fingerprint density at radius 3 is 2.84 bits per heavy atom. The normalized spacial score (nSPS) is 16.5. The number of thioether (sulfide) groups is 1. The van der Waals surface area contributed by atoms with E-state index < -0.39 is 0 Å². The third-order valence-electron chi connectivity index (χ3n) is 2.89. The van der Waals surface area contributed by atoms with Gasteiger partial charge in [0.05, 0.1) is 42.2 Å². The molecular weight excluding hydrogens is 264 g/mol. The van der Waals surface area contributed by atoms with Gasteiger partial charge in [0.2, 0.25) is 5.91 Å². The van der Waals surface area contributed by atoms with Crippen molar-refractivity contribution in [3.63, 3.8) is 0 Å². The van der Waals surface area contributed by atoms with Crippen LogP contribution in [0.1, 0.15) is 6.92 Å². The number of anilines is 2. The second-order valence-corrected chi connectivity index (χ2v) is 6.03. The lowest BCUT2D eigenvalue weighted by Crippen LogP contribution is -2.34. The zero-order valence-electron chi connectivity index (χ0n) is 11.0. The summed E-state index contributed by atoms with van der Waals surface area (Å²) in [5.41, 5.74) is 6.97. The Morgan fingerprint density at radius 1 is 1.58 bits per heavy atom. The Balaban J connectivity index is 1.93. The molecule has 6 heteroatoms. The zero-order valence-corrected chi connectivity index (χ0v) is 11.8. The molecule has 1 aliphatic heterocycles. The average Bonchev–Trinajstić information content (AvgIpc) is 2.35. The van der Waals surface area contributed by atoms with E-state index in [1.165, 1.54) is 0 Å². The van der Waals surface area contributed by atoms with Crippen molar-refractivity contribution in [2.45, 2.75) is 17.4 Å². The smallest absolute Gasteiger partial charge is 0.237 e. The molecule has 1 aromatic carbocycles. The number of amides is 1. The fourth-order valence-electron chi connectivity index (χ4n) is 1.66. The highest BCUT2D eigenvalue weighted by Crippen LogP contribution is 2.27. The van der Waals surface area contributed by atoms with E-state index in [0.717, 1.165) is 13.2 Å². The number of nitrogens with two attached hydrogens (primary N) is 1. The second kappa shape index (κ2) is 6.16. The van der Waals surface area contributed by atoms with Crippen LogP contribution >= 0.6 is 11.8 Å². The van der Waals surface area contributed by atoms with Crippen LogP contribution in [0.4, 0.5) is 11.4 Å². The van der Waals surface area contributed by atoms with Crippen LogP contribution in [0.2, 0.25) is 0 Å². The Bertz CT molecular complexity index is 463. The SMILES string of the molecule is COc1ccc(NC(=O)C(C)SC2COC2)c(N)c1. The molecule has 0 bridgehead atoms. The van der Waals surface area contributed by atoms with E-state index >= 15 is 0 Å². The van der Waals surface area contributed by atoms with E-state index in [-0.39, 0.29) is 11.2 Å². The molecule has 5 nitrogen and oxygen atoms in total. The monoisotopic (exact) mass is 282 g/mol. The van der Waals surface area contributed by atoms with Crippen LogP contribution < -0.4 is 15.8 Å². The van der Waals surface area contributed by atoms with Crippen LogP contribution in [-0.2, 0) is 9.53 Å². The first kappa shape index (κ1) is 14.0. The van der Waals surface area contributed by atoms with Crippen LogP contribution in [0.3, 0.4) is 0 Å². The minimum atomic E-state index is -0.129. The molecule has 1 amide bonds. The maximum absolute atomic E-state index is 12.0. The van der Waals surface area contributed by atoms with Gasteiger partial charge in [0, 0.05) is 6.07 Å². The quantitative estimate of drug-likeness (QED) is 0.805. The number of rotatable bonds is 5. The maximum Gasteiger partial charge on any atom is 0.237 e. The van der Waals surface area contributed by atoms with E-state index in [0.29, 0.717) is 22.4 Å². The predicted molar refractivity (Wildman–Crippen MR) is 77.7 cm³/mol. The lowest BCUT2D eigenvalue weighted by atomic mass is 10.2. The van der Waals surface area contributed by atoms with E-state index in [1.54, 1.807) is 37.1 Å². The number of hydrogen-bond acceptors (Lipinski definition) is 5. The Morgan fingerprint density at radius 2 is 2.32 bits per heavy atom. The zero-order chi connectivity index (χ0) is 13.8. The lowest BCUT2D eigenvalue weighted by Gasteiger charge is -2.27. The minimum Gasteiger partial charge on any atom is -0.497 e. The molecule has 3 N–H and O–H groups in total. The summed E-state index contributed by atoms with van der Waals surface area (Å²) < 4.78 is 10.2. The predicted octanol–water partition coefficient (Wildman–Crippen LogP) is 1.74. The molecule has 1 unspecified atom stereocenters. The average molecular weight is 282 g/mol. The van der Waals surface area contributed by atoms with Crippen LogP contribution in [0.25, 0.3) is 0 Å². The molecule has 0 spiro atoms. The van der Waals surface area contributed by atoms with Gasteiger partial charge in [-0.3, -0.25) is 4.79 Å². The van der Waals surface area contributed by atoms with Crippen molar-refractivity contribution >= 4 is 29.0 Å². The first-order valence-electron chi connectivity index (χ1n) is 6.07. The number of hydrogen-bond donors (Lipinski definition) is 2. The summed E-state index contributed by atoms with van der Waals surface area (Å²) in [5, 5.41) is 3.13. The first-order valence-corrected chi connectivity index (χ1v) is 7.02. The van der Waals surface area contributed by atoms with Gasteiger partial charge in [-0.15, -0.1) is 11.8 Å². The Kier molecular flexibility index (Phi) is 4.55. The molecule has 1 atom stereocenters. The highest BCUT2D eigenvalue weighted by molar-refractivity contribution is 8.01. The van der Waals surface area contributed by atoms with Gasteiger partial charge in [-0.05, 0) is 19.1 Å². The highest BCUT2D eigenvalue weighted by Gasteiger charge is 2.25. The van der Waals surface area contributed by atoms with E-state index in [1.807, 2.05) is 6.92 Å². The summed E-state index contributed by atoms with van der Waals surface area (Å²) in [6, 6.07) is 5.20. The largest absolute Gasteiger partial charge is 0.497 e. The molecular formula is C13H18N2O3S. The fourth-order valence-corrected chi connectivity index (χ4v) is 2.77. The molecule has 0 aromatic heterocycles. The molecule has 1 fully saturated rings. The Labute approximate surface area is 116 Å². The van der Waals surface area contributed by atoms with Gasteiger partial charge < -0.3 is 20.5 Å². The van der Waals surface area contributed by atoms with Gasteiger partial charge in [-0.1, -0.05) is 0 Å². The number of carbonyl (C=O) groups is 1. The third kappa shape index (κ3) is 3.54. The molecule has 0 radical (unpaired) electrons. The van der Waals surface area contributed by atoms with Crippen LogP contribution in [-0.4, -0.2) is 36.7 Å². The van der Waals surface area contributed by atoms with Crippen LogP contribution in [0, 0.1) is 0 Å². The topological polar surface area (TPSA) is 73.6 Å². The van der Waals surface area contributed by atoms with Crippen molar-refractivity contribution < 1.29 is 14.3 Å². The number of nitrogens with one attached hydrogen (secondary N) is 1. The second-order valence-electron chi connectivity index (χ2n) is 4.38. The maximum atomic E-state index is 12.0. The van der Waals surface area contributed by atoms with Gasteiger partial charge >= 0.3 is 0 Å². The van der Waals surface area contributed by atoms with Gasteiger partial charge in [0.15, 0.2) is 0 Å². The molecule has 0 saturated carbocycles. The van der Waals surface area contributed by atoms with E-state index in [2.05, 4.69) is 5.32 Å². The van der Waals surface area contributed by atoms with Crippen molar-refractivity contribution in [3.8, 4) is 5.75 Å². The van der Waals surface area contributed by atoms with E-state index in [4.69, 9.17) is 15.2 Å². The number of carbonyl (C=O) groups excluding carboxylic acids is 1. The summed E-state index contributed by atoms with van der Waals surface area (Å²) in [6.45, 7) is 3.35. The molecule has 1 heterocycles. The Hall–Kier alpha value is -1.40.